The standard InChI is InChI=1S/C15H13Cl2NO2.ClH/c16-12-3-1-2-11(15(12)17)8-18-7-10-4-5-13-14(6-10)20-9-19-13;/h1-6,18H,7-9H2;1H/p-1. The van der Waals surface area contributed by atoms with Gasteiger partial charge in [0.25, 0.3) is 0 Å². The Bertz CT molecular complexity index is 634. The fourth-order valence-electron chi connectivity index (χ4n) is 2.08. The molecule has 0 aromatic heterocycles. The summed E-state index contributed by atoms with van der Waals surface area (Å²) < 4.78 is 10.6. The smallest absolute Gasteiger partial charge is 0.231 e. The lowest BCUT2D eigenvalue weighted by Gasteiger charge is -2.08. The van der Waals surface area contributed by atoms with Crippen LogP contribution < -0.4 is 27.2 Å². The van der Waals surface area contributed by atoms with Gasteiger partial charge in [0, 0.05) is 13.1 Å². The van der Waals surface area contributed by atoms with E-state index in [9.17, 15) is 0 Å². The van der Waals surface area contributed by atoms with Gasteiger partial charge in [0.15, 0.2) is 11.5 Å². The van der Waals surface area contributed by atoms with Crippen molar-refractivity contribution in [3.63, 3.8) is 0 Å². The monoisotopic (exact) mass is 344 g/mol. The molecule has 21 heavy (non-hydrogen) atoms. The average Bonchev–Trinajstić information content (AvgIpc) is 2.91. The van der Waals surface area contributed by atoms with E-state index in [0.29, 0.717) is 23.4 Å². The Hall–Kier alpha value is -1.13. The minimum absolute atomic E-state index is 0. The number of hydrogen-bond donors (Lipinski definition) is 1. The topological polar surface area (TPSA) is 30.5 Å². The van der Waals surface area contributed by atoms with Crippen molar-refractivity contribution in [2.75, 3.05) is 6.79 Å². The lowest BCUT2D eigenvalue weighted by Crippen LogP contribution is -3.00. The Kier molecular flexibility index (Phi) is 5.59. The van der Waals surface area contributed by atoms with Crippen LogP contribution in [0.5, 0.6) is 11.5 Å². The summed E-state index contributed by atoms with van der Waals surface area (Å²) in [6, 6.07) is 11.6. The Morgan fingerprint density at radius 2 is 1.81 bits per heavy atom. The van der Waals surface area contributed by atoms with E-state index in [1.54, 1.807) is 6.07 Å². The Morgan fingerprint density at radius 1 is 1.00 bits per heavy atom. The minimum Gasteiger partial charge on any atom is -1.00 e. The van der Waals surface area contributed by atoms with Gasteiger partial charge in [-0.3, -0.25) is 0 Å². The van der Waals surface area contributed by atoms with E-state index in [1.165, 1.54) is 0 Å². The molecule has 0 fully saturated rings. The molecule has 0 unspecified atom stereocenters. The van der Waals surface area contributed by atoms with Gasteiger partial charge in [-0.1, -0.05) is 41.4 Å². The predicted octanol–water partition coefficient (Wildman–Crippen LogP) is 1.02. The SMILES string of the molecule is Clc1cccc(CNCc2ccc3c(c2)OCO3)c1Cl.[Cl-]. The molecule has 1 N–H and O–H groups in total. The number of halogens is 3. The van der Waals surface area contributed by atoms with E-state index < -0.39 is 0 Å². The van der Waals surface area contributed by atoms with Gasteiger partial charge in [-0.15, -0.1) is 0 Å². The largest absolute Gasteiger partial charge is 1.00 e. The Morgan fingerprint density at radius 3 is 2.67 bits per heavy atom. The van der Waals surface area contributed by atoms with Gasteiger partial charge in [-0.05, 0) is 29.3 Å². The molecule has 6 heteroatoms. The third-order valence-corrected chi connectivity index (χ3v) is 3.97. The molecule has 0 saturated carbocycles. The summed E-state index contributed by atoms with van der Waals surface area (Å²) in [6.07, 6.45) is 0. The number of ether oxygens (including phenoxy) is 2. The minimum atomic E-state index is 0. The molecule has 1 aliphatic rings. The van der Waals surface area contributed by atoms with Crippen LogP contribution in [-0.2, 0) is 13.1 Å². The molecule has 3 nitrogen and oxygen atoms in total. The summed E-state index contributed by atoms with van der Waals surface area (Å²) in [4.78, 5) is 0. The van der Waals surface area contributed by atoms with Crippen LogP contribution in [0.25, 0.3) is 0 Å². The van der Waals surface area contributed by atoms with E-state index in [4.69, 9.17) is 32.7 Å². The third-order valence-electron chi connectivity index (χ3n) is 3.11. The zero-order valence-corrected chi connectivity index (χ0v) is 13.3. The normalized spacial score (nSPS) is 12.1. The maximum Gasteiger partial charge on any atom is 0.231 e. The molecule has 0 spiro atoms. The van der Waals surface area contributed by atoms with Crippen LogP contribution in [0.4, 0.5) is 0 Å². The molecule has 1 heterocycles. The van der Waals surface area contributed by atoms with Gasteiger partial charge < -0.3 is 27.2 Å². The maximum absolute atomic E-state index is 6.14. The van der Waals surface area contributed by atoms with Crippen molar-refractivity contribution >= 4 is 23.2 Å². The second-order valence-corrected chi connectivity index (χ2v) is 5.29. The van der Waals surface area contributed by atoms with Crippen LogP contribution in [0.15, 0.2) is 36.4 Å². The molecular formula is C15H13Cl3NO2-. The first-order valence-corrected chi connectivity index (χ1v) is 7.02. The molecule has 0 aliphatic carbocycles. The molecule has 2 aromatic carbocycles. The average molecular weight is 346 g/mol. The third kappa shape index (κ3) is 3.74. The molecule has 0 atom stereocenters. The van der Waals surface area contributed by atoms with Gasteiger partial charge in [-0.25, -0.2) is 0 Å². The number of hydrogen-bond acceptors (Lipinski definition) is 3. The van der Waals surface area contributed by atoms with Crippen molar-refractivity contribution in [3.05, 3.63) is 57.6 Å². The zero-order valence-electron chi connectivity index (χ0n) is 11.0. The van der Waals surface area contributed by atoms with Crippen LogP contribution in [0.1, 0.15) is 11.1 Å². The number of nitrogens with one attached hydrogen (secondary N) is 1. The predicted molar refractivity (Wildman–Crippen MR) is 79.6 cm³/mol. The van der Waals surface area contributed by atoms with E-state index in [0.717, 1.165) is 29.2 Å². The summed E-state index contributed by atoms with van der Waals surface area (Å²) in [5.41, 5.74) is 2.12. The van der Waals surface area contributed by atoms with Gasteiger partial charge in [0.1, 0.15) is 0 Å². The fraction of sp³-hybridized carbons (Fsp3) is 0.200. The first-order chi connectivity index (χ1) is 9.74. The quantitative estimate of drug-likeness (QED) is 0.897. The zero-order chi connectivity index (χ0) is 13.9. The van der Waals surface area contributed by atoms with Crippen molar-refractivity contribution in [2.45, 2.75) is 13.1 Å². The van der Waals surface area contributed by atoms with Gasteiger partial charge >= 0.3 is 0 Å². The van der Waals surface area contributed by atoms with Gasteiger partial charge in [-0.2, -0.15) is 0 Å². The van der Waals surface area contributed by atoms with Crippen LogP contribution in [-0.4, -0.2) is 6.79 Å². The van der Waals surface area contributed by atoms with E-state index in [1.807, 2.05) is 30.3 Å². The number of benzene rings is 2. The second-order valence-electron chi connectivity index (χ2n) is 4.50. The Labute approximate surface area is 139 Å². The lowest BCUT2D eigenvalue weighted by molar-refractivity contribution is -0.00000539. The summed E-state index contributed by atoms with van der Waals surface area (Å²) in [5.74, 6) is 1.59. The van der Waals surface area contributed by atoms with E-state index in [2.05, 4.69) is 5.32 Å². The van der Waals surface area contributed by atoms with Gasteiger partial charge in [0.2, 0.25) is 6.79 Å². The number of rotatable bonds is 4. The second kappa shape index (κ2) is 7.23. The highest BCUT2D eigenvalue weighted by Gasteiger charge is 2.13. The molecule has 0 amide bonds. The molecular weight excluding hydrogens is 333 g/mol. The lowest BCUT2D eigenvalue weighted by atomic mass is 10.2. The molecule has 0 saturated heterocycles. The van der Waals surface area contributed by atoms with Crippen molar-refractivity contribution in [3.8, 4) is 11.5 Å². The summed E-state index contributed by atoms with van der Waals surface area (Å²) in [7, 11) is 0. The van der Waals surface area contributed by atoms with Crippen LogP contribution in [0.3, 0.4) is 0 Å². The van der Waals surface area contributed by atoms with Crippen LogP contribution >= 0.6 is 23.2 Å². The molecule has 1 aliphatic heterocycles. The van der Waals surface area contributed by atoms with Crippen LogP contribution in [0.2, 0.25) is 10.0 Å². The van der Waals surface area contributed by atoms with Gasteiger partial charge in [0.05, 0.1) is 10.0 Å². The number of fused-ring (bicyclic) bond motifs is 1. The summed E-state index contributed by atoms with van der Waals surface area (Å²) in [6.45, 7) is 1.68. The molecule has 112 valence electrons. The molecule has 0 bridgehead atoms. The van der Waals surface area contributed by atoms with Crippen molar-refractivity contribution in [2.24, 2.45) is 0 Å². The van der Waals surface area contributed by atoms with Crippen molar-refractivity contribution < 1.29 is 21.9 Å². The first-order valence-electron chi connectivity index (χ1n) is 6.26. The first kappa shape index (κ1) is 16.2. The van der Waals surface area contributed by atoms with Crippen molar-refractivity contribution in [1.29, 1.82) is 0 Å². The highest BCUT2D eigenvalue weighted by Crippen LogP contribution is 2.32. The highest BCUT2D eigenvalue weighted by molar-refractivity contribution is 6.42. The maximum atomic E-state index is 6.14. The highest BCUT2D eigenvalue weighted by atomic mass is 35.5. The molecule has 3 rings (SSSR count). The van der Waals surface area contributed by atoms with E-state index in [-0.39, 0.29) is 12.4 Å². The summed E-state index contributed by atoms with van der Waals surface area (Å²) in [5, 5.41) is 4.52. The summed E-state index contributed by atoms with van der Waals surface area (Å²) >= 11 is 12.1. The van der Waals surface area contributed by atoms with E-state index >= 15 is 0 Å². The molecule has 2 aromatic rings. The van der Waals surface area contributed by atoms with Crippen molar-refractivity contribution in [1.82, 2.24) is 5.32 Å². The Balaban J connectivity index is 0.00000161. The van der Waals surface area contributed by atoms with Crippen LogP contribution in [0, 0.1) is 0 Å². The fourth-order valence-corrected chi connectivity index (χ4v) is 2.46. The molecule has 0 radical (unpaired) electrons.